The largest absolute Gasteiger partial charge is 0.497 e. The van der Waals surface area contributed by atoms with Gasteiger partial charge in [-0.25, -0.2) is 9.38 Å². The van der Waals surface area contributed by atoms with E-state index in [0.717, 1.165) is 28.4 Å². The SMILES string of the molecule is CC#C/C(=C1/N=CC=C(Nc2cccc(OC)c2)N1C)c1ccc(F)cc1. The molecule has 1 aliphatic heterocycles. The predicted molar refractivity (Wildman–Crippen MR) is 108 cm³/mol. The Bertz CT molecular complexity index is 979. The number of benzene rings is 2. The Balaban J connectivity index is 1.95. The summed E-state index contributed by atoms with van der Waals surface area (Å²) in [6.45, 7) is 1.77. The van der Waals surface area contributed by atoms with Gasteiger partial charge in [-0.1, -0.05) is 24.1 Å². The van der Waals surface area contributed by atoms with Crippen LogP contribution in [0.4, 0.5) is 10.1 Å². The number of allylic oxidation sites excluding steroid dienone is 2. The molecule has 0 amide bonds. The minimum atomic E-state index is -0.284. The van der Waals surface area contributed by atoms with Crippen molar-refractivity contribution in [2.45, 2.75) is 6.92 Å². The second-order valence-corrected chi connectivity index (χ2v) is 5.83. The van der Waals surface area contributed by atoms with Crippen molar-refractivity contribution < 1.29 is 9.13 Å². The van der Waals surface area contributed by atoms with Crippen molar-refractivity contribution in [1.82, 2.24) is 4.90 Å². The maximum Gasteiger partial charge on any atom is 0.150 e. The molecule has 1 heterocycles. The molecule has 0 atom stereocenters. The van der Waals surface area contributed by atoms with Crippen molar-refractivity contribution in [3.63, 3.8) is 0 Å². The number of hydrogen-bond acceptors (Lipinski definition) is 4. The first-order chi connectivity index (χ1) is 13.1. The molecular formula is C22H20FN3O. The number of halogens is 1. The van der Waals surface area contributed by atoms with E-state index in [9.17, 15) is 4.39 Å². The molecule has 0 radical (unpaired) electrons. The van der Waals surface area contributed by atoms with Gasteiger partial charge < -0.3 is 15.0 Å². The number of nitrogens with zero attached hydrogens (tertiary/aromatic N) is 2. The van der Waals surface area contributed by atoms with Gasteiger partial charge in [0.1, 0.15) is 23.2 Å². The average Bonchev–Trinajstić information content (AvgIpc) is 2.69. The lowest BCUT2D eigenvalue weighted by atomic mass is 10.1. The first-order valence-corrected chi connectivity index (χ1v) is 8.44. The number of nitrogens with one attached hydrogen (secondary N) is 1. The molecule has 0 spiro atoms. The van der Waals surface area contributed by atoms with Crippen LogP contribution in [0.2, 0.25) is 0 Å². The van der Waals surface area contributed by atoms with Crippen LogP contribution in [-0.4, -0.2) is 25.3 Å². The van der Waals surface area contributed by atoms with Gasteiger partial charge in [0.15, 0.2) is 0 Å². The van der Waals surface area contributed by atoms with E-state index in [1.165, 1.54) is 12.1 Å². The Labute approximate surface area is 158 Å². The van der Waals surface area contributed by atoms with Crippen molar-refractivity contribution in [3.8, 4) is 17.6 Å². The van der Waals surface area contributed by atoms with Crippen molar-refractivity contribution >= 4 is 17.5 Å². The van der Waals surface area contributed by atoms with Gasteiger partial charge in [0.05, 0.1) is 12.7 Å². The quantitative estimate of drug-likeness (QED) is 0.815. The summed E-state index contributed by atoms with van der Waals surface area (Å²) in [5.41, 5.74) is 2.44. The van der Waals surface area contributed by atoms with Crippen molar-refractivity contribution in [3.05, 3.63) is 77.6 Å². The van der Waals surface area contributed by atoms with Crippen LogP contribution in [-0.2, 0) is 0 Å². The standard InChI is InChI=1S/C22H20FN3O/c1-4-6-20(16-9-11-17(23)12-10-16)22-24-14-13-21(26(22)2)25-18-7-5-8-19(15-18)27-3/h5,7-15,25H,1-3H3/b22-20+. The highest BCUT2D eigenvalue weighted by Gasteiger charge is 2.18. The second kappa shape index (κ2) is 8.24. The normalized spacial score (nSPS) is 14.8. The van der Waals surface area contributed by atoms with Gasteiger partial charge in [-0.3, -0.25) is 0 Å². The van der Waals surface area contributed by atoms with Gasteiger partial charge in [-0.2, -0.15) is 0 Å². The molecule has 1 aliphatic rings. The van der Waals surface area contributed by atoms with E-state index in [-0.39, 0.29) is 5.82 Å². The summed E-state index contributed by atoms with van der Waals surface area (Å²) in [6, 6.07) is 13.9. The van der Waals surface area contributed by atoms with Gasteiger partial charge in [-0.15, -0.1) is 5.92 Å². The Morgan fingerprint density at radius 3 is 2.67 bits per heavy atom. The molecule has 0 fully saturated rings. The molecule has 0 unspecified atom stereocenters. The molecule has 0 saturated heterocycles. The molecule has 0 aliphatic carbocycles. The van der Waals surface area contributed by atoms with E-state index in [1.807, 2.05) is 42.3 Å². The second-order valence-electron chi connectivity index (χ2n) is 5.83. The highest BCUT2D eigenvalue weighted by molar-refractivity contribution is 5.85. The highest BCUT2D eigenvalue weighted by Crippen LogP contribution is 2.27. The van der Waals surface area contributed by atoms with Crippen LogP contribution in [0.25, 0.3) is 5.57 Å². The van der Waals surface area contributed by atoms with Crippen LogP contribution in [0.15, 0.2) is 71.2 Å². The molecule has 4 nitrogen and oxygen atoms in total. The smallest absolute Gasteiger partial charge is 0.150 e. The number of anilines is 1. The molecule has 2 aromatic rings. The molecule has 5 heteroatoms. The summed E-state index contributed by atoms with van der Waals surface area (Å²) in [7, 11) is 3.54. The lowest BCUT2D eigenvalue weighted by Gasteiger charge is -2.27. The summed E-state index contributed by atoms with van der Waals surface area (Å²) in [5.74, 6) is 8.03. The number of ether oxygens (including phenoxy) is 1. The van der Waals surface area contributed by atoms with E-state index in [1.54, 1.807) is 32.4 Å². The van der Waals surface area contributed by atoms with E-state index in [4.69, 9.17) is 4.74 Å². The van der Waals surface area contributed by atoms with E-state index < -0.39 is 0 Å². The van der Waals surface area contributed by atoms with Crippen molar-refractivity contribution in [2.24, 2.45) is 4.99 Å². The van der Waals surface area contributed by atoms with Gasteiger partial charge in [0.25, 0.3) is 0 Å². The van der Waals surface area contributed by atoms with Crippen LogP contribution in [0, 0.1) is 17.7 Å². The van der Waals surface area contributed by atoms with E-state index in [2.05, 4.69) is 22.2 Å². The minimum absolute atomic E-state index is 0.284. The van der Waals surface area contributed by atoms with E-state index in [0.29, 0.717) is 5.82 Å². The lowest BCUT2D eigenvalue weighted by Crippen LogP contribution is -2.25. The van der Waals surface area contributed by atoms with E-state index >= 15 is 0 Å². The van der Waals surface area contributed by atoms with Crippen LogP contribution < -0.4 is 10.1 Å². The zero-order valence-corrected chi connectivity index (χ0v) is 15.5. The number of aliphatic imine (C=N–C) groups is 1. The fourth-order valence-electron chi connectivity index (χ4n) is 2.70. The predicted octanol–water partition coefficient (Wildman–Crippen LogP) is 4.50. The first kappa shape index (κ1) is 18.3. The molecule has 27 heavy (non-hydrogen) atoms. The van der Waals surface area contributed by atoms with Gasteiger partial charge in [0, 0.05) is 25.0 Å². The lowest BCUT2D eigenvalue weighted by molar-refractivity contribution is 0.415. The summed E-state index contributed by atoms with van der Waals surface area (Å²) in [4.78, 5) is 6.42. The molecular weight excluding hydrogens is 341 g/mol. The topological polar surface area (TPSA) is 36.9 Å². The average molecular weight is 361 g/mol. The van der Waals surface area contributed by atoms with Crippen LogP contribution in [0.3, 0.4) is 0 Å². The van der Waals surface area contributed by atoms with Crippen LogP contribution in [0.1, 0.15) is 12.5 Å². The molecule has 3 rings (SSSR count). The first-order valence-electron chi connectivity index (χ1n) is 8.44. The number of rotatable bonds is 4. The monoisotopic (exact) mass is 361 g/mol. The Hall–Kier alpha value is -3.52. The summed E-state index contributed by atoms with van der Waals surface area (Å²) in [6.07, 6.45) is 3.60. The summed E-state index contributed by atoms with van der Waals surface area (Å²) < 4.78 is 18.6. The highest BCUT2D eigenvalue weighted by atomic mass is 19.1. The minimum Gasteiger partial charge on any atom is -0.497 e. The third-order valence-corrected chi connectivity index (χ3v) is 4.06. The maximum atomic E-state index is 13.3. The van der Waals surface area contributed by atoms with Crippen molar-refractivity contribution in [2.75, 3.05) is 19.5 Å². The van der Waals surface area contributed by atoms with Gasteiger partial charge in [0.2, 0.25) is 0 Å². The zero-order chi connectivity index (χ0) is 19.2. The molecule has 0 saturated carbocycles. The summed E-state index contributed by atoms with van der Waals surface area (Å²) in [5, 5.41) is 3.37. The number of hydrogen-bond donors (Lipinski definition) is 1. The fraction of sp³-hybridized carbons (Fsp3) is 0.136. The van der Waals surface area contributed by atoms with Gasteiger partial charge in [-0.05, 0) is 42.8 Å². The molecule has 136 valence electrons. The fourth-order valence-corrected chi connectivity index (χ4v) is 2.70. The Kier molecular flexibility index (Phi) is 5.58. The third-order valence-electron chi connectivity index (χ3n) is 4.06. The number of methoxy groups -OCH3 is 1. The van der Waals surface area contributed by atoms with Crippen molar-refractivity contribution in [1.29, 1.82) is 0 Å². The third kappa shape index (κ3) is 4.18. The zero-order valence-electron chi connectivity index (χ0n) is 15.5. The van der Waals surface area contributed by atoms with Gasteiger partial charge >= 0.3 is 0 Å². The molecule has 0 bridgehead atoms. The molecule has 1 N–H and O–H groups in total. The summed E-state index contributed by atoms with van der Waals surface area (Å²) >= 11 is 0. The Morgan fingerprint density at radius 2 is 1.96 bits per heavy atom. The van der Waals surface area contributed by atoms with Crippen LogP contribution >= 0.6 is 0 Å². The molecule has 0 aromatic heterocycles. The van der Waals surface area contributed by atoms with Crippen LogP contribution in [0.5, 0.6) is 5.75 Å². The Morgan fingerprint density at radius 1 is 1.19 bits per heavy atom. The molecule has 2 aromatic carbocycles. The maximum absolute atomic E-state index is 13.3.